The average Bonchev–Trinajstić information content (AvgIpc) is 2.86. The molecule has 0 saturated heterocycles. The number of hydrogen-bond acceptors (Lipinski definition) is 4. The van der Waals surface area contributed by atoms with E-state index in [2.05, 4.69) is 15.4 Å². The quantitative estimate of drug-likeness (QED) is 0.741. The highest BCUT2D eigenvalue weighted by Gasteiger charge is 2.15. The first kappa shape index (κ1) is 8.68. The molecule has 0 amide bonds. The van der Waals surface area contributed by atoms with Crippen LogP contribution in [0.5, 0.6) is 0 Å². The maximum atomic E-state index is 10.1. The standard InChI is InChI=1S/C9H9N3O2/c13-12-9-4-3-8(14-9)2-1-7-5-6-10-11-7/h1-2,4-6,8H,3H2,(H,10,11)/b2-1+. The van der Waals surface area contributed by atoms with Gasteiger partial charge < -0.3 is 4.74 Å². The summed E-state index contributed by atoms with van der Waals surface area (Å²) in [6.45, 7) is 0. The molecule has 0 fully saturated rings. The summed E-state index contributed by atoms with van der Waals surface area (Å²) in [5.41, 5.74) is 0.834. The van der Waals surface area contributed by atoms with Crippen molar-refractivity contribution in [2.45, 2.75) is 12.5 Å². The molecule has 1 N–H and O–H groups in total. The summed E-state index contributed by atoms with van der Waals surface area (Å²) in [6.07, 6.45) is 7.69. The minimum Gasteiger partial charge on any atom is -0.468 e. The van der Waals surface area contributed by atoms with E-state index in [1.54, 1.807) is 12.3 Å². The minimum atomic E-state index is -0.0978. The third-order valence-corrected chi connectivity index (χ3v) is 1.89. The number of ether oxygens (including phenoxy) is 1. The summed E-state index contributed by atoms with van der Waals surface area (Å²) in [5.74, 6) is 0.168. The zero-order valence-corrected chi connectivity index (χ0v) is 7.38. The Morgan fingerprint density at radius 3 is 3.29 bits per heavy atom. The first-order valence-electron chi connectivity index (χ1n) is 4.26. The van der Waals surface area contributed by atoms with Gasteiger partial charge in [0, 0.05) is 17.8 Å². The monoisotopic (exact) mass is 191 g/mol. The van der Waals surface area contributed by atoms with E-state index in [1.165, 1.54) is 0 Å². The van der Waals surface area contributed by atoms with Gasteiger partial charge in [0.1, 0.15) is 6.10 Å². The lowest BCUT2D eigenvalue weighted by Crippen LogP contribution is -2.00. The molecular weight excluding hydrogens is 182 g/mol. The summed E-state index contributed by atoms with van der Waals surface area (Å²) >= 11 is 0. The maximum absolute atomic E-state index is 10.1. The molecule has 2 rings (SSSR count). The van der Waals surface area contributed by atoms with Gasteiger partial charge in [-0.05, 0) is 24.3 Å². The largest absolute Gasteiger partial charge is 0.468 e. The van der Waals surface area contributed by atoms with Crippen molar-refractivity contribution in [3.63, 3.8) is 0 Å². The van der Waals surface area contributed by atoms with Gasteiger partial charge >= 0.3 is 0 Å². The Kier molecular flexibility index (Phi) is 2.40. The summed E-state index contributed by atoms with van der Waals surface area (Å²) in [4.78, 5) is 10.1. The van der Waals surface area contributed by atoms with Crippen molar-refractivity contribution in [2.75, 3.05) is 0 Å². The van der Waals surface area contributed by atoms with Crippen molar-refractivity contribution in [2.24, 2.45) is 5.18 Å². The van der Waals surface area contributed by atoms with Gasteiger partial charge in [-0.1, -0.05) is 0 Å². The molecule has 2 heterocycles. The van der Waals surface area contributed by atoms with Crippen molar-refractivity contribution in [3.05, 3.63) is 40.9 Å². The lowest BCUT2D eigenvalue weighted by molar-refractivity contribution is 0.182. The van der Waals surface area contributed by atoms with Gasteiger partial charge in [-0.3, -0.25) is 5.10 Å². The van der Waals surface area contributed by atoms with Crippen LogP contribution in [0, 0.1) is 4.91 Å². The zero-order valence-electron chi connectivity index (χ0n) is 7.38. The van der Waals surface area contributed by atoms with E-state index < -0.39 is 0 Å². The molecule has 72 valence electrons. The average molecular weight is 191 g/mol. The fourth-order valence-electron chi connectivity index (χ4n) is 1.22. The van der Waals surface area contributed by atoms with Gasteiger partial charge in [0.2, 0.25) is 0 Å². The normalized spacial score (nSPS) is 20.9. The van der Waals surface area contributed by atoms with Crippen molar-refractivity contribution < 1.29 is 4.74 Å². The van der Waals surface area contributed by atoms with Crippen LogP contribution < -0.4 is 0 Å². The Labute approximate surface area is 80.4 Å². The second-order valence-electron chi connectivity index (χ2n) is 2.88. The fraction of sp³-hybridized carbons (Fsp3) is 0.222. The van der Waals surface area contributed by atoms with E-state index >= 15 is 0 Å². The van der Waals surface area contributed by atoms with E-state index in [0.29, 0.717) is 6.42 Å². The van der Waals surface area contributed by atoms with Gasteiger partial charge in [-0.15, -0.1) is 4.91 Å². The Morgan fingerprint density at radius 2 is 2.64 bits per heavy atom. The highest BCUT2D eigenvalue weighted by Crippen LogP contribution is 2.19. The first-order valence-corrected chi connectivity index (χ1v) is 4.26. The third-order valence-electron chi connectivity index (χ3n) is 1.89. The second kappa shape index (κ2) is 3.87. The number of hydrogen-bond donors (Lipinski definition) is 1. The number of aromatic nitrogens is 2. The molecule has 14 heavy (non-hydrogen) atoms. The fourth-order valence-corrected chi connectivity index (χ4v) is 1.22. The first-order chi connectivity index (χ1) is 6.88. The van der Waals surface area contributed by atoms with Crippen LogP contribution in [-0.4, -0.2) is 16.3 Å². The van der Waals surface area contributed by atoms with Crippen LogP contribution in [0.2, 0.25) is 0 Å². The molecule has 5 nitrogen and oxygen atoms in total. The topological polar surface area (TPSA) is 67.3 Å². The SMILES string of the molecule is O=NC1=CCC(/C=C/c2cc[nH]n2)O1. The van der Waals surface area contributed by atoms with Gasteiger partial charge in [-0.25, -0.2) is 0 Å². The van der Waals surface area contributed by atoms with Crippen LogP contribution in [0.25, 0.3) is 6.08 Å². The molecule has 0 aromatic carbocycles. The lowest BCUT2D eigenvalue weighted by atomic mass is 10.2. The summed E-state index contributed by atoms with van der Waals surface area (Å²) < 4.78 is 5.17. The predicted molar refractivity (Wildman–Crippen MR) is 51.0 cm³/mol. The van der Waals surface area contributed by atoms with Crippen LogP contribution in [0.1, 0.15) is 12.1 Å². The molecule has 1 atom stereocenters. The Morgan fingerprint density at radius 1 is 1.71 bits per heavy atom. The Bertz CT molecular complexity index is 367. The van der Waals surface area contributed by atoms with Crippen molar-refractivity contribution >= 4 is 6.08 Å². The molecule has 1 aromatic heterocycles. The minimum absolute atomic E-state index is 0.0978. The Hall–Kier alpha value is -1.91. The highest BCUT2D eigenvalue weighted by molar-refractivity contribution is 5.44. The summed E-state index contributed by atoms with van der Waals surface area (Å²) in [5, 5.41) is 9.36. The highest BCUT2D eigenvalue weighted by atomic mass is 16.5. The van der Waals surface area contributed by atoms with Crippen LogP contribution in [-0.2, 0) is 4.74 Å². The summed E-state index contributed by atoms with van der Waals surface area (Å²) in [7, 11) is 0. The van der Waals surface area contributed by atoms with Crippen LogP contribution in [0.15, 0.2) is 35.5 Å². The summed E-state index contributed by atoms with van der Waals surface area (Å²) in [6, 6.07) is 1.85. The predicted octanol–water partition coefficient (Wildman–Crippen LogP) is 1.82. The van der Waals surface area contributed by atoms with E-state index in [4.69, 9.17) is 4.74 Å². The number of aromatic amines is 1. The van der Waals surface area contributed by atoms with E-state index in [1.807, 2.05) is 18.2 Å². The molecule has 0 bridgehead atoms. The molecule has 0 aliphatic carbocycles. The smallest absolute Gasteiger partial charge is 0.252 e. The third kappa shape index (κ3) is 1.87. The van der Waals surface area contributed by atoms with Gasteiger partial charge in [0.05, 0.1) is 5.69 Å². The van der Waals surface area contributed by atoms with E-state index in [0.717, 1.165) is 5.69 Å². The molecule has 1 aliphatic rings. The maximum Gasteiger partial charge on any atom is 0.252 e. The van der Waals surface area contributed by atoms with Gasteiger partial charge in [0.15, 0.2) is 0 Å². The van der Waals surface area contributed by atoms with Crippen molar-refractivity contribution in [1.82, 2.24) is 10.2 Å². The van der Waals surface area contributed by atoms with Crippen molar-refractivity contribution in [1.29, 1.82) is 0 Å². The van der Waals surface area contributed by atoms with Crippen LogP contribution in [0.3, 0.4) is 0 Å². The molecule has 1 aliphatic heterocycles. The molecule has 0 spiro atoms. The number of nitroso groups, excluding NO2 is 1. The van der Waals surface area contributed by atoms with Gasteiger partial charge in [-0.2, -0.15) is 5.10 Å². The van der Waals surface area contributed by atoms with Crippen molar-refractivity contribution in [3.8, 4) is 0 Å². The van der Waals surface area contributed by atoms with E-state index in [-0.39, 0.29) is 12.0 Å². The second-order valence-corrected chi connectivity index (χ2v) is 2.88. The van der Waals surface area contributed by atoms with Crippen LogP contribution >= 0.6 is 0 Å². The molecular formula is C9H9N3O2. The van der Waals surface area contributed by atoms with E-state index in [9.17, 15) is 4.91 Å². The molecule has 5 heteroatoms. The number of H-pyrrole nitrogens is 1. The molecule has 1 unspecified atom stereocenters. The molecule has 0 radical (unpaired) electrons. The van der Waals surface area contributed by atoms with Gasteiger partial charge in [0.25, 0.3) is 5.88 Å². The lowest BCUT2D eigenvalue weighted by Gasteiger charge is -2.03. The molecule has 1 aromatic rings. The molecule has 0 saturated carbocycles. The number of nitrogens with zero attached hydrogens (tertiary/aromatic N) is 2. The number of rotatable bonds is 3. The Balaban J connectivity index is 1.92. The zero-order chi connectivity index (χ0) is 9.80. The van der Waals surface area contributed by atoms with Crippen LogP contribution in [0.4, 0.5) is 0 Å². The number of nitrogens with one attached hydrogen (secondary N) is 1.